The lowest BCUT2D eigenvalue weighted by Gasteiger charge is -2.04. The molecule has 82 valence electrons. The molecule has 1 aromatic carbocycles. The normalized spacial score (nSPS) is 10.4. The molecule has 1 heterocycles. The summed E-state index contributed by atoms with van der Waals surface area (Å²) in [6, 6.07) is 7.20. The number of rotatable bonds is 2. The van der Waals surface area contributed by atoms with Gasteiger partial charge in [0.1, 0.15) is 10.9 Å². The number of halogens is 1. The number of nitrogens with zero attached hydrogens (tertiary/aromatic N) is 1. The van der Waals surface area contributed by atoms with Gasteiger partial charge >= 0.3 is 0 Å². The maximum atomic E-state index is 11.3. The molecule has 0 aliphatic heterocycles. The van der Waals surface area contributed by atoms with Crippen LogP contribution in [0.25, 0.3) is 10.9 Å². The van der Waals surface area contributed by atoms with Crippen LogP contribution < -0.4 is 4.74 Å². The van der Waals surface area contributed by atoms with Crippen LogP contribution in [0.1, 0.15) is 17.3 Å². The highest BCUT2D eigenvalue weighted by molar-refractivity contribution is 6.33. The highest BCUT2D eigenvalue weighted by Crippen LogP contribution is 2.24. The van der Waals surface area contributed by atoms with Crippen LogP contribution in [0.4, 0.5) is 0 Å². The van der Waals surface area contributed by atoms with Gasteiger partial charge in [0.2, 0.25) is 0 Å². The largest absolute Gasteiger partial charge is 0.497 e. The molecule has 0 atom stereocenters. The van der Waals surface area contributed by atoms with Crippen LogP contribution >= 0.6 is 11.6 Å². The van der Waals surface area contributed by atoms with Gasteiger partial charge in [-0.15, -0.1) is 0 Å². The van der Waals surface area contributed by atoms with Gasteiger partial charge in [0.05, 0.1) is 18.2 Å². The molecular formula is C12H10ClNO2. The fraction of sp³-hybridized carbons (Fsp3) is 0.167. The second-order valence-electron chi connectivity index (χ2n) is 3.44. The van der Waals surface area contributed by atoms with Crippen LogP contribution in [0, 0.1) is 0 Å². The van der Waals surface area contributed by atoms with E-state index >= 15 is 0 Å². The Balaban J connectivity index is 2.68. The lowest BCUT2D eigenvalue weighted by molar-refractivity contribution is 0.101. The van der Waals surface area contributed by atoms with Crippen molar-refractivity contribution in [2.45, 2.75) is 6.92 Å². The number of fused-ring (bicyclic) bond motifs is 1. The molecule has 0 saturated carbocycles. The molecular weight excluding hydrogens is 226 g/mol. The molecule has 1 aromatic heterocycles. The molecule has 0 bridgehead atoms. The van der Waals surface area contributed by atoms with E-state index in [0.717, 1.165) is 5.39 Å². The summed E-state index contributed by atoms with van der Waals surface area (Å²) in [4.78, 5) is 15.5. The van der Waals surface area contributed by atoms with Crippen molar-refractivity contribution in [2.75, 3.05) is 7.11 Å². The summed E-state index contributed by atoms with van der Waals surface area (Å²) in [5.41, 5.74) is 1.16. The van der Waals surface area contributed by atoms with Crippen LogP contribution in [0.3, 0.4) is 0 Å². The third kappa shape index (κ3) is 1.86. The van der Waals surface area contributed by atoms with Gasteiger partial charge in [-0.2, -0.15) is 0 Å². The van der Waals surface area contributed by atoms with Gasteiger partial charge in [0.25, 0.3) is 0 Å². The third-order valence-corrected chi connectivity index (χ3v) is 2.65. The summed E-state index contributed by atoms with van der Waals surface area (Å²) in [6.07, 6.45) is 0. The molecule has 0 amide bonds. The van der Waals surface area contributed by atoms with Crippen LogP contribution in [0.5, 0.6) is 5.75 Å². The number of carbonyl (C=O) groups excluding carboxylic acids is 1. The Morgan fingerprint density at radius 1 is 1.38 bits per heavy atom. The molecule has 0 aliphatic rings. The predicted molar refractivity (Wildman–Crippen MR) is 63.3 cm³/mol. The first-order chi connectivity index (χ1) is 7.61. The summed E-state index contributed by atoms with van der Waals surface area (Å²) in [5.74, 6) is 0.627. The Morgan fingerprint density at radius 3 is 2.75 bits per heavy atom. The van der Waals surface area contributed by atoms with Crippen LogP contribution in [0.2, 0.25) is 5.15 Å². The van der Waals surface area contributed by atoms with Gasteiger partial charge in [-0.1, -0.05) is 11.6 Å². The first-order valence-electron chi connectivity index (χ1n) is 4.77. The molecule has 0 saturated heterocycles. The highest BCUT2D eigenvalue weighted by atomic mass is 35.5. The van der Waals surface area contributed by atoms with Gasteiger partial charge in [-0.05, 0) is 25.1 Å². The van der Waals surface area contributed by atoms with Gasteiger partial charge < -0.3 is 4.74 Å². The Hall–Kier alpha value is -1.61. The molecule has 0 fully saturated rings. The number of Topliss-reactive ketones (excluding diaryl/α,β-unsaturated/α-hetero) is 1. The monoisotopic (exact) mass is 235 g/mol. The summed E-state index contributed by atoms with van der Waals surface area (Å²) in [6.45, 7) is 1.47. The number of hydrogen-bond acceptors (Lipinski definition) is 3. The predicted octanol–water partition coefficient (Wildman–Crippen LogP) is 3.10. The van der Waals surface area contributed by atoms with Gasteiger partial charge in [0, 0.05) is 11.5 Å². The minimum Gasteiger partial charge on any atom is -0.497 e. The van der Waals surface area contributed by atoms with Gasteiger partial charge in [-0.25, -0.2) is 4.98 Å². The van der Waals surface area contributed by atoms with Crippen molar-refractivity contribution in [3.05, 3.63) is 35.0 Å². The lowest BCUT2D eigenvalue weighted by atomic mass is 10.1. The van der Waals surface area contributed by atoms with E-state index in [9.17, 15) is 4.79 Å². The second-order valence-corrected chi connectivity index (χ2v) is 3.80. The Morgan fingerprint density at radius 2 is 2.12 bits per heavy atom. The Kier molecular flexibility index (Phi) is 2.79. The van der Waals surface area contributed by atoms with E-state index in [1.165, 1.54) is 6.92 Å². The van der Waals surface area contributed by atoms with E-state index in [2.05, 4.69) is 4.98 Å². The molecule has 0 N–H and O–H groups in total. The molecule has 16 heavy (non-hydrogen) atoms. The Labute approximate surface area is 98.0 Å². The topological polar surface area (TPSA) is 39.2 Å². The molecule has 4 heteroatoms. The maximum absolute atomic E-state index is 11.3. The number of ketones is 1. The summed E-state index contributed by atoms with van der Waals surface area (Å²) in [5, 5.41) is 1.10. The minimum absolute atomic E-state index is 0.0878. The van der Waals surface area contributed by atoms with E-state index in [4.69, 9.17) is 16.3 Å². The van der Waals surface area contributed by atoms with Crippen molar-refractivity contribution in [3.8, 4) is 5.75 Å². The fourth-order valence-corrected chi connectivity index (χ4v) is 1.78. The first-order valence-corrected chi connectivity index (χ1v) is 5.15. The number of ether oxygens (including phenoxy) is 1. The number of methoxy groups -OCH3 is 1. The molecule has 0 radical (unpaired) electrons. The Bertz CT molecular complexity index is 566. The zero-order valence-corrected chi connectivity index (χ0v) is 9.71. The van der Waals surface area contributed by atoms with Crippen LogP contribution in [-0.4, -0.2) is 17.9 Å². The van der Waals surface area contributed by atoms with Crippen molar-refractivity contribution in [1.82, 2.24) is 4.98 Å². The minimum atomic E-state index is -0.0878. The smallest absolute Gasteiger partial charge is 0.162 e. The fourth-order valence-electron chi connectivity index (χ4n) is 1.50. The van der Waals surface area contributed by atoms with Crippen molar-refractivity contribution >= 4 is 28.3 Å². The van der Waals surface area contributed by atoms with Crippen LogP contribution in [-0.2, 0) is 0 Å². The SMILES string of the molecule is COc1ccc2cc(C(C)=O)c(Cl)nc2c1. The highest BCUT2D eigenvalue weighted by Gasteiger charge is 2.09. The first kappa shape index (κ1) is 10.9. The second kappa shape index (κ2) is 4.10. The molecule has 2 rings (SSSR count). The zero-order valence-electron chi connectivity index (χ0n) is 8.95. The summed E-state index contributed by atoms with van der Waals surface area (Å²) >= 11 is 5.92. The lowest BCUT2D eigenvalue weighted by Crippen LogP contribution is -1.96. The standard InChI is InChI=1S/C12H10ClNO2/c1-7(15)10-5-8-3-4-9(16-2)6-11(8)14-12(10)13/h3-6H,1-2H3. The van der Waals surface area contributed by atoms with E-state index in [0.29, 0.717) is 16.8 Å². The van der Waals surface area contributed by atoms with Crippen molar-refractivity contribution in [2.24, 2.45) is 0 Å². The molecule has 2 aromatic rings. The summed E-state index contributed by atoms with van der Waals surface area (Å²) in [7, 11) is 1.59. The molecule has 0 spiro atoms. The molecule has 3 nitrogen and oxygen atoms in total. The molecule has 0 aliphatic carbocycles. The van der Waals surface area contributed by atoms with E-state index in [1.807, 2.05) is 12.1 Å². The molecule has 0 unspecified atom stereocenters. The third-order valence-electron chi connectivity index (χ3n) is 2.36. The average Bonchev–Trinajstić information content (AvgIpc) is 2.27. The van der Waals surface area contributed by atoms with E-state index in [1.54, 1.807) is 19.2 Å². The number of pyridine rings is 1. The summed E-state index contributed by atoms with van der Waals surface area (Å²) < 4.78 is 5.09. The van der Waals surface area contributed by atoms with Crippen molar-refractivity contribution in [3.63, 3.8) is 0 Å². The van der Waals surface area contributed by atoms with E-state index in [-0.39, 0.29) is 10.9 Å². The number of aromatic nitrogens is 1. The van der Waals surface area contributed by atoms with Crippen molar-refractivity contribution < 1.29 is 9.53 Å². The van der Waals surface area contributed by atoms with Crippen LogP contribution in [0.15, 0.2) is 24.3 Å². The number of benzene rings is 1. The number of carbonyl (C=O) groups is 1. The average molecular weight is 236 g/mol. The maximum Gasteiger partial charge on any atom is 0.162 e. The van der Waals surface area contributed by atoms with E-state index < -0.39 is 0 Å². The number of hydrogen-bond donors (Lipinski definition) is 0. The van der Waals surface area contributed by atoms with Crippen molar-refractivity contribution in [1.29, 1.82) is 0 Å². The van der Waals surface area contributed by atoms with Gasteiger partial charge in [0.15, 0.2) is 5.78 Å². The van der Waals surface area contributed by atoms with Gasteiger partial charge in [-0.3, -0.25) is 4.79 Å². The zero-order chi connectivity index (χ0) is 11.7. The quantitative estimate of drug-likeness (QED) is 0.593.